The van der Waals surface area contributed by atoms with Crippen molar-refractivity contribution >= 4 is 21.8 Å². The van der Waals surface area contributed by atoms with Crippen molar-refractivity contribution in [2.75, 3.05) is 20.1 Å². The van der Waals surface area contributed by atoms with Crippen LogP contribution in [0.15, 0.2) is 28.7 Å². The standard InChI is InChI=1S/C12H15BrN2O/c1-14-11-6-7-15(8-11)12(16)9-2-4-10(13)5-3-9/h2-5,11,14H,6-8H2,1H3. The predicted molar refractivity (Wildman–Crippen MR) is 67.5 cm³/mol. The van der Waals surface area contributed by atoms with Crippen LogP contribution in [0.4, 0.5) is 0 Å². The molecule has 16 heavy (non-hydrogen) atoms. The van der Waals surface area contributed by atoms with Gasteiger partial charge in [0.1, 0.15) is 0 Å². The number of rotatable bonds is 2. The zero-order valence-electron chi connectivity index (χ0n) is 9.24. The maximum Gasteiger partial charge on any atom is 0.253 e. The van der Waals surface area contributed by atoms with Gasteiger partial charge >= 0.3 is 0 Å². The highest BCUT2D eigenvalue weighted by molar-refractivity contribution is 9.10. The fourth-order valence-electron chi connectivity index (χ4n) is 1.96. The van der Waals surface area contributed by atoms with Crippen LogP contribution in [0.5, 0.6) is 0 Å². The fourth-order valence-corrected chi connectivity index (χ4v) is 2.22. The number of nitrogens with one attached hydrogen (secondary N) is 1. The molecule has 1 N–H and O–H groups in total. The Morgan fingerprint density at radius 3 is 2.69 bits per heavy atom. The third kappa shape index (κ3) is 2.44. The SMILES string of the molecule is CNC1CCN(C(=O)c2ccc(Br)cc2)C1. The highest BCUT2D eigenvalue weighted by Crippen LogP contribution is 2.15. The first kappa shape index (κ1) is 11.6. The molecule has 1 amide bonds. The minimum absolute atomic E-state index is 0.130. The van der Waals surface area contributed by atoms with Gasteiger partial charge in [0, 0.05) is 29.2 Å². The van der Waals surface area contributed by atoms with Crippen molar-refractivity contribution in [3.05, 3.63) is 34.3 Å². The maximum absolute atomic E-state index is 12.1. The Morgan fingerprint density at radius 1 is 1.44 bits per heavy atom. The van der Waals surface area contributed by atoms with Gasteiger partial charge in [-0.1, -0.05) is 15.9 Å². The van der Waals surface area contributed by atoms with Gasteiger partial charge in [0.05, 0.1) is 0 Å². The van der Waals surface area contributed by atoms with Crippen LogP contribution in [0.2, 0.25) is 0 Å². The van der Waals surface area contributed by atoms with Crippen LogP contribution < -0.4 is 5.32 Å². The first-order valence-electron chi connectivity index (χ1n) is 5.43. The van der Waals surface area contributed by atoms with E-state index in [4.69, 9.17) is 0 Å². The van der Waals surface area contributed by atoms with Gasteiger partial charge in [-0.2, -0.15) is 0 Å². The molecule has 1 aromatic carbocycles. The molecule has 0 radical (unpaired) electrons. The molecule has 0 aliphatic carbocycles. The molecule has 1 atom stereocenters. The van der Waals surface area contributed by atoms with Gasteiger partial charge in [0.2, 0.25) is 0 Å². The first-order valence-corrected chi connectivity index (χ1v) is 6.22. The average molecular weight is 283 g/mol. The van der Waals surface area contributed by atoms with Crippen molar-refractivity contribution in [1.29, 1.82) is 0 Å². The molecule has 1 heterocycles. The number of halogens is 1. The van der Waals surface area contributed by atoms with E-state index in [1.807, 2.05) is 36.2 Å². The lowest BCUT2D eigenvalue weighted by Gasteiger charge is -2.16. The number of amides is 1. The van der Waals surface area contributed by atoms with Crippen LogP contribution in [-0.2, 0) is 0 Å². The van der Waals surface area contributed by atoms with Gasteiger partial charge in [0.25, 0.3) is 5.91 Å². The predicted octanol–water partition coefficient (Wildman–Crippen LogP) is 1.88. The van der Waals surface area contributed by atoms with Crippen molar-refractivity contribution in [2.24, 2.45) is 0 Å². The number of benzene rings is 1. The summed E-state index contributed by atoms with van der Waals surface area (Å²) in [5.41, 5.74) is 0.764. The summed E-state index contributed by atoms with van der Waals surface area (Å²) in [4.78, 5) is 14.0. The van der Waals surface area contributed by atoms with E-state index in [-0.39, 0.29) is 5.91 Å². The van der Waals surface area contributed by atoms with Crippen molar-refractivity contribution in [2.45, 2.75) is 12.5 Å². The Balaban J connectivity index is 2.05. The molecule has 2 rings (SSSR count). The summed E-state index contributed by atoms with van der Waals surface area (Å²) in [5.74, 6) is 0.130. The van der Waals surface area contributed by atoms with Crippen LogP contribution in [0.3, 0.4) is 0 Å². The highest BCUT2D eigenvalue weighted by Gasteiger charge is 2.25. The molecule has 1 aliphatic rings. The van der Waals surface area contributed by atoms with Crippen LogP contribution in [0.1, 0.15) is 16.8 Å². The second-order valence-electron chi connectivity index (χ2n) is 4.03. The van der Waals surface area contributed by atoms with Gasteiger partial charge in [0.15, 0.2) is 0 Å². The largest absolute Gasteiger partial charge is 0.337 e. The lowest BCUT2D eigenvalue weighted by Crippen LogP contribution is -2.33. The zero-order chi connectivity index (χ0) is 11.5. The number of nitrogens with zero attached hydrogens (tertiary/aromatic N) is 1. The van der Waals surface area contributed by atoms with E-state index in [1.54, 1.807) is 0 Å². The van der Waals surface area contributed by atoms with Crippen LogP contribution in [0, 0.1) is 0 Å². The Bertz CT molecular complexity index is 377. The zero-order valence-corrected chi connectivity index (χ0v) is 10.8. The summed E-state index contributed by atoms with van der Waals surface area (Å²) in [6, 6.07) is 7.97. The Kier molecular flexibility index (Phi) is 3.61. The van der Waals surface area contributed by atoms with Gasteiger partial charge in [-0.05, 0) is 37.7 Å². The quantitative estimate of drug-likeness (QED) is 0.899. The molecule has 3 nitrogen and oxygen atoms in total. The topological polar surface area (TPSA) is 32.3 Å². The van der Waals surface area contributed by atoms with Crippen LogP contribution >= 0.6 is 15.9 Å². The second-order valence-corrected chi connectivity index (χ2v) is 4.95. The molecule has 86 valence electrons. The summed E-state index contributed by atoms with van der Waals surface area (Å²) < 4.78 is 0.999. The van der Waals surface area contributed by atoms with Crippen LogP contribution in [0.25, 0.3) is 0 Å². The fraction of sp³-hybridized carbons (Fsp3) is 0.417. The third-order valence-corrected chi connectivity index (χ3v) is 3.50. The monoisotopic (exact) mass is 282 g/mol. The lowest BCUT2D eigenvalue weighted by atomic mass is 10.2. The minimum Gasteiger partial charge on any atom is -0.337 e. The average Bonchev–Trinajstić information content (AvgIpc) is 2.77. The van der Waals surface area contributed by atoms with Crippen molar-refractivity contribution in [1.82, 2.24) is 10.2 Å². The second kappa shape index (κ2) is 4.97. The van der Waals surface area contributed by atoms with E-state index >= 15 is 0 Å². The molecule has 4 heteroatoms. The molecule has 0 bridgehead atoms. The number of carbonyl (C=O) groups is 1. The summed E-state index contributed by atoms with van der Waals surface area (Å²) in [6.45, 7) is 1.66. The van der Waals surface area contributed by atoms with Gasteiger partial charge in [-0.25, -0.2) is 0 Å². The number of carbonyl (C=O) groups excluding carboxylic acids is 1. The third-order valence-electron chi connectivity index (χ3n) is 2.97. The van der Waals surface area contributed by atoms with E-state index < -0.39 is 0 Å². The molecule has 1 saturated heterocycles. The van der Waals surface area contributed by atoms with Crippen molar-refractivity contribution in [3.8, 4) is 0 Å². The smallest absolute Gasteiger partial charge is 0.253 e. The number of likely N-dealkylation sites (tertiary alicyclic amines) is 1. The van der Waals surface area contributed by atoms with Crippen molar-refractivity contribution in [3.63, 3.8) is 0 Å². The number of hydrogen-bond donors (Lipinski definition) is 1. The molecule has 1 aromatic rings. The van der Waals surface area contributed by atoms with E-state index in [0.717, 1.165) is 29.5 Å². The number of likely N-dealkylation sites (N-methyl/N-ethyl adjacent to an activating group) is 1. The van der Waals surface area contributed by atoms with E-state index in [1.165, 1.54) is 0 Å². The molecule has 0 aromatic heterocycles. The van der Waals surface area contributed by atoms with Crippen molar-refractivity contribution < 1.29 is 4.79 Å². The lowest BCUT2D eigenvalue weighted by molar-refractivity contribution is 0.0789. The Labute approximate surface area is 104 Å². The summed E-state index contributed by atoms with van der Waals surface area (Å²) in [7, 11) is 1.94. The molecule has 1 unspecified atom stereocenters. The van der Waals surface area contributed by atoms with E-state index in [0.29, 0.717) is 6.04 Å². The number of hydrogen-bond acceptors (Lipinski definition) is 2. The first-order chi connectivity index (χ1) is 7.70. The summed E-state index contributed by atoms with van der Waals surface area (Å²) >= 11 is 3.36. The molecular weight excluding hydrogens is 268 g/mol. The van der Waals surface area contributed by atoms with Crippen LogP contribution in [-0.4, -0.2) is 37.0 Å². The van der Waals surface area contributed by atoms with Gasteiger partial charge in [-0.15, -0.1) is 0 Å². The van der Waals surface area contributed by atoms with E-state index in [9.17, 15) is 4.79 Å². The van der Waals surface area contributed by atoms with E-state index in [2.05, 4.69) is 21.2 Å². The minimum atomic E-state index is 0.130. The highest BCUT2D eigenvalue weighted by atomic mass is 79.9. The Morgan fingerprint density at radius 2 is 2.12 bits per heavy atom. The molecule has 0 spiro atoms. The Hall–Kier alpha value is -0.870. The van der Waals surface area contributed by atoms with Gasteiger partial charge in [-0.3, -0.25) is 4.79 Å². The molecule has 1 fully saturated rings. The normalized spacial score (nSPS) is 20.1. The summed E-state index contributed by atoms with van der Waals surface area (Å²) in [6.07, 6.45) is 1.04. The molecular formula is C12H15BrN2O. The molecule has 0 saturated carbocycles. The van der Waals surface area contributed by atoms with Gasteiger partial charge < -0.3 is 10.2 Å². The summed E-state index contributed by atoms with van der Waals surface area (Å²) in [5, 5.41) is 3.21. The molecule has 1 aliphatic heterocycles. The maximum atomic E-state index is 12.1.